The second kappa shape index (κ2) is 11.1. The number of pyridine rings is 2. The quantitative estimate of drug-likeness (QED) is 0.526. The smallest absolute Gasteiger partial charge is 0.407 e. The van der Waals surface area contributed by atoms with Gasteiger partial charge >= 0.3 is 6.09 Å². The molecule has 3 rings (SSSR count). The molecule has 1 aliphatic rings. The maximum atomic E-state index is 11.9. The van der Waals surface area contributed by atoms with Gasteiger partial charge in [-0.05, 0) is 90.0 Å². The molecule has 0 spiro atoms. The molecule has 1 fully saturated rings. The van der Waals surface area contributed by atoms with Gasteiger partial charge in [0.1, 0.15) is 5.60 Å². The fraction of sp³-hybridized carbons (Fsp3) is 0.536. The molecule has 0 saturated carbocycles. The summed E-state index contributed by atoms with van der Waals surface area (Å²) in [5, 5.41) is 2.80. The van der Waals surface area contributed by atoms with Crippen LogP contribution in [0.2, 0.25) is 0 Å². The van der Waals surface area contributed by atoms with E-state index in [9.17, 15) is 4.79 Å². The van der Waals surface area contributed by atoms with Crippen molar-refractivity contribution < 1.29 is 9.53 Å². The van der Waals surface area contributed by atoms with Crippen LogP contribution in [0, 0.1) is 27.7 Å². The molecule has 34 heavy (non-hydrogen) atoms. The summed E-state index contributed by atoms with van der Waals surface area (Å²) in [6.07, 6.45) is 11.0. The number of hydrogen-bond donors (Lipinski definition) is 1. The van der Waals surface area contributed by atoms with Crippen molar-refractivity contribution in [3.8, 4) is 0 Å². The average Bonchev–Trinajstić information content (AvgIpc) is 2.73. The molecule has 0 bridgehead atoms. The molecule has 6 nitrogen and oxygen atoms in total. The molecule has 0 aromatic carbocycles. The van der Waals surface area contributed by atoms with Crippen LogP contribution in [0.5, 0.6) is 0 Å². The maximum absolute atomic E-state index is 11.9. The Kier molecular flexibility index (Phi) is 8.47. The highest BCUT2D eigenvalue weighted by Crippen LogP contribution is 2.42. The summed E-state index contributed by atoms with van der Waals surface area (Å²) in [6.45, 7) is 15.3. The Morgan fingerprint density at radius 2 is 1.53 bits per heavy atom. The minimum Gasteiger partial charge on any atom is -0.444 e. The lowest BCUT2D eigenvalue weighted by molar-refractivity contribution is 0.0534. The summed E-state index contributed by atoms with van der Waals surface area (Å²) >= 11 is 0. The molecule has 2 atom stereocenters. The van der Waals surface area contributed by atoms with Gasteiger partial charge in [-0.1, -0.05) is 24.3 Å². The van der Waals surface area contributed by atoms with E-state index < -0.39 is 11.7 Å². The molecule has 1 saturated heterocycles. The number of rotatable bonds is 6. The van der Waals surface area contributed by atoms with Crippen LogP contribution in [0.3, 0.4) is 0 Å². The third kappa shape index (κ3) is 6.89. The number of alkyl carbamates (subject to hydrolysis) is 1. The lowest BCUT2D eigenvalue weighted by Crippen LogP contribution is -2.38. The van der Waals surface area contributed by atoms with Gasteiger partial charge in [-0.3, -0.25) is 14.9 Å². The van der Waals surface area contributed by atoms with Gasteiger partial charge in [0.15, 0.2) is 0 Å². The Balaban J connectivity index is 1.81. The Morgan fingerprint density at radius 3 is 2.00 bits per heavy atom. The highest BCUT2D eigenvalue weighted by Gasteiger charge is 2.34. The molecular weight excluding hydrogens is 424 g/mol. The Bertz CT molecular complexity index is 966. The van der Waals surface area contributed by atoms with Crippen LogP contribution in [0.15, 0.2) is 36.7 Å². The van der Waals surface area contributed by atoms with Crippen LogP contribution in [-0.2, 0) is 4.74 Å². The van der Waals surface area contributed by atoms with Gasteiger partial charge in [-0.15, -0.1) is 0 Å². The Labute approximate surface area is 204 Å². The van der Waals surface area contributed by atoms with Gasteiger partial charge < -0.3 is 10.1 Å². The fourth-order valence-corrected chi connectivity index (χ4v) is 4.78. The number of aryl methyl sites for hydroxylation is 4. The van der Waals surface area contributed by atoms with E-state index in [0.717, 1.165) is 37.2 Å². The Hall–Kier alpha value is -2.73. The van der Waals surface area contributed by atoms with Gasteiger partial charge in [0.2, 0.25) is 0 Å². The van der Waals surface area contributed by atoms with E-state index in [1.54, 1.807) is 0 Å². The van der Waals surface area contributed by atoms with Crippen LogP contribution < -0.4 is 5.32 Å². The monoisotopic (exact) mass is 464 g/mol. The second-order valence-corrected chi connectivity index (χ2v) is 10.4. The zero-order valence-corrected chi connectivity index (χ0v) is 21.8. The lowest BCUT2D eigenvalue weighted by atomic mass is 9.88. The van der Waals surface area contributed by atoms with E-state index in [4.69, 9.17) is 14.7 Å². The van der Waals surface area contributed by atoms with Crippen molar-refractivity contribution in [2.45, 2.75) is 85.4 Å². The third-order valence-corrected chi connectivity index (χ3v) is 6.14. The van der Waals surface area contributed by atoms with Crippen molar-refractivity contribution >= 4 is 6.09 Å². The van der Waals surface area contributed by atoms with Gasteiger partial charge in [-0.2, -0.15) is 0 Å². The molecule has 3 heterocycles. The number of carbonyl (C=O) groups excluding carboxylic acids is 1. The second-order valence-electron chi connectivity index (χ2n) is 10.4. The zero-order chi connectivity index (χ0) is 24.9. The highest BCUT2D eigenvalue weighted by molar-refractivity contribution is 5.67. The molecule has 1 N–H and O–H groups in total. The first-order valence-corrected chi connectivity index (χ1v) is 12.3. The number of nitrogens with one attached hydrogen (secondary N) is 1. The number of amides is 1. The van der Waals surface area contributed by atoms with E-state index >= 15 is 0 Å². The predicted octanol–water partition coefficient (Wildman–Crippen LogP) is 6.06. The van der Waals surface area contributed by atoms with E-state index in [-0.39, 0.29) is 12.1 Å². The number of nitrogens with zero attached hydrogens (tertiary/aromatic N) is 3. The van der Waals surface area contributed by atoms with E-state index in [1.807, 2.05) is 39.2 Å². The molecule has 2 aromatic rings. The first-order chi connectivity index (χ1) is 16.0. The van der Waals surface area contributed by atoms with E-state index in [0.29, 0.717) is 6.54 Å². The minimum atomic E-state index is -0.500. The first-order valence-electron chi connectivity index (χ1n) is 12.3. The molecule has 0 aliphatic carbocycles. The van der Waals surface area contributed by atoms with Crippen molar-refractivity contribution in [1.29, 1.82) is 0 Å². The average molecular weight is 465 g/mol. The molecule has 0 unspecified atom stereocenters. The number of aromatic nitrogens is 2. The first kappa shape index (κ1) is 25.9. The van der Waals surface area contributed by atoms with Crippen molar-refractivity contribution in [2.75, 3.05) is 13.1 Å². The van der Waals surface area contributed by atoms with Gasteiger partial charge in [0.05, 0.1) is 23.5 Å². The van der Waals surface area contributed by atoms with Crippen molar-refractivity contribution in [3.05, 3.63) is 70.3 Å². The molecule has 0 radical (unpaired) electrons. The topological polar surface area (TPSA) is 67.4 Å². The van der Waals surface area contributed by atoms with Crippen LogP contribution >= 0.6 is 0 Å². The van der Waals surface area contributed by atoms with Gasteiger partial charge in [0, 0.05) is 25.5 Å². The molecule has 184 valence electrons. The molecule has 2 aromatic heterocycles. The maximum Gasteiger partial charge on any atom is 0.407 e. The number of piperidine rings is 1. The largest absolute Gasteiger partial charge is 0.444 e. The van der Waals surface area contributed by atoms with E-state index in [2.05, 4.69) is 56.1 Å². The summed E-state index contributed by atoms with van der Waals surface area (Å²) < 4.78 is 5.32. The number of hydrogen-bond acceptors (Lipinski definition) is 5. The fourth-order valence-electron chi connectivity index (χ4n) is 4.78. The van der Waals surface area contributed by atoms with Crippen LogP contribution in [0.25, 0.3) is 0 Å². The van der Waals surface area contributed by atoms with Gasteiger partial charge in [0.25, 0.3) is 0 Å². The zero-order valence-electron chi connectivity index (χ0n) is 21.8. The summed E-state index contributed by atoms with van der Waals surface area (Å²) in [5.74, 6) is 0. The molecule has 1 aliphatic heterocycles. The Morgan fingerprint density at radius 1 is 1.00 bits per heavy atom. The van der Waals surface area contributed by atoms with Crippen molar-refractivity contribution in [3.63, 3.8) is 0 Å². The predicted molar refractivity (Wildman–Crippen MR) is 137 cm³/mol. The van der Waals surface area contributed by atoms with Crippen molar-refractivity contribution in [2.24, 2.45) is 0 Å². The lowest BCUT2D eigenvalue weighted by Gasteiger charge is -2.42. The van der Waals surface area contributed by atoms with Crippen LogP contribution in [-0.4, -0.2) is 39.7 Å². The number of likely N-dealkylation sites (tertiary alicyclic amines) is 1. The van der Waals surface area contributed by atoms with Crippen LogP contribution in [0.1, 0.15) is 85.8 Å². The summed E-state index contributed by atoms with van der Waals surface area (Å²) in [4.78, 5) is 24.2. The number of ether oxygens (including phenoxy) is 1. The third-order valence-electron chi connectivity index (χ3n) is 6.14. The van der Waals surface area contributed by atoms with E-state index in [1.165, 1.54) is 22.3 Å². The number of carbonyl (C=O) groups is 1. The highest BCUT2D eigenvalue weighted by atomic mass is 16.6. The summed E-state index contributed by atoms with van der Waals surface area (Å²) in [6, 6.07) is 4.90. The summed E-state index contributed by atoms with van der Waals surface area (Å²) in [5.41, 5.74) is 6.65. The molecule has 6 heteroatoms. The molecule has 1 amide bonds. The van der Waals surface area contributed by atoms with Gasteiger partial charge in [-0.25, -0.2) is 4.79 Å². The summed E-state index contributed by atoms with van der Waals surface area (Å²) in [7, 11) is 0. The van der Waals surface area contributed by atoms with Crippen molar-refractivity contribution in [1.82, 2.24) is 20.2 Å². The van der Waals surface area contributed by atoms with Crippen LogP contribution in [0.4, 0.5) is 4.79 Å². The SMILES string of the molecule is Cc1cnc([C@H]2CCC[C@@H](c3ncc(C)cc3C)N2CC=CCNC(=O)OC(C)(C)C)c(C)c1. The normalized spacial score (nSPS) is 19.4. The minimum absolute atomic E-state index is 0.227. The standard InChI is InChI=1S/C28H40N4O2/c1-19-15-21(3)25(30-17-19)23-11-10-12-24(26-22(4)16-20(2)18-31-26)32(23)14-9-8-13-29-27(33)34-28(5,6)7/h8-9,15-18,23-24H,10-14H2,1-7H3,(H,29,33)/t23-,24+. The molecular formula is C28H40N4O2.